The highest BCUT2D eigenvalue weighted by atomic mass is 32.2. The Morgan fingerprint density at radius 2 is 2.14 bits per heavy atom. The van der Waals surface area contributed by atoms with Crippen LogP contribution in [0, 0.1) is 12.3 Å². The fourth-order valence-corrected chi connectivity index (χ4v) is 2.05. The summed E-state index contributed by atoms with van der Waals surface area (Å²) >= 11 is 0.809. The van der Waals surface area contributed by atoms with Crippen LogP contribution in [0.4, 0.5) is 18.9 Å². The van der Waals surface area contributed by atoms with Gasteiger partial charge in [0.15, 0.2) is 6.61 Å². The molecule has 1 N–H and O–H groups in total. The lowest BCUT2D eigenvalue weighted by Crippen LogP contribution is -2.14. The number of halogens is 3. The Morgan fingerprint density at radius 1 is 1.38 bits per heavy atom. The van der Waals surface area contributed by atoms with E-state index >= 15 is 0 Å². The fraction of sp³-hybridized carbons (Fsp3) is 0.429. The lowest BCUT2D eigenvalue weighted by atomic mass is 10.2. The zero-order chi connectivity index (χ0) is 15.7. The molecule has 0 saturated heterocycles. The molecule has 0 aliphatic rings. The highest BCUT2D eigenvalue weighted by molar-refractivity contribution is 7.94. The summed E-state index contributed by atoms with van der Waals surface area (Å²) in [6.07, 6.45) is 1.69. The first kappa shape index (κ1) is 17.5. The second kappa shape index (κ2) is 8.70. The minimum Gasteiger partial charge on any atom is -0.495 e. The molecule has 0 aliphatic carbocycles. The molecule has 0 bridgehead atoms. The second-order valence-electron chi connectivity index (χ2n) is 4.04. The molecule has 0 atom stereocenters. The van der Waals surface area contributed by atoms with E-state index < -0.39 is 12.8 Å². The van der Waals surface area contributed by atoms with Crippen LogP contribution in [-0.4, -0.2) is 32.2 Å². The molecule has 0 radical (unpaired) electrons. The summed E-state index contributed by atoms with van der Waals surface area (Å²) in [5.74, 6) is 3.65. The Balaban J connectivity index is 2.28. The Kier molecular flexibility index (Phi) is 7.26. The van der Waals surface area contributed by atoms with Crippen LogP contribution in [0.5, 0.6) is 5.75 Å². The predicted octanol–water partition coefficient (Wildman–Crippen LogP) is 3.71. The molecule has 0 aliphatic heterocycles. The van der Waals surface area contributed by atoms with E-state index in [4.69, 9.17) is 11.2 Å². The van der Waals surface area contributed by atoms with Gasteiger partial charge in [-0.3, -0.25) is 0 Å². The van der Waals surface area contributed by atoms with Crippen molar-refractivity contribution in [1.82, 2.24) is 0 Å². The van der Waals surface area contributed by atoms with Crippen LogP contribution in [0.25, 0.3) is 0 Å². The summed E-state index contributed by atoms with van der Waals surface area (Å²) in [4.78, 5) is 0. The van der Waals surface area contributed by atoms with E-state index in [1.807, 2.05) is 0 Å². The van der Waals surface area contributed by atoms with Gasteiger partial charge >= 0.3 is 6.18 Å². The van der Waals surface area contributed by atoms with Crippen LogP contribution in [-0.2, 0) is 4.18 Å². The maximum Gasteiger partial charge on any atom is 0.413 e. The van der Waals surface area contributed by atoms with E-state index in [1.54, 1.807) is 25.3 Å². The molecule has 3 nitrogen and oxygen atoms in total. The van der Waals surface area contributed by atoms with E-state index in [9.17, 15) is 13.2 Å². The van der Waals surface area contributed by atoms with Crippen LogP contribution in [0.2, 0.25) is 0 Å². The maximum atomic E-state index is 11.8. The summed E-state index contributed by atoms with van der Waals surface area (Å²) in [6, 6.07) is 5.32. The molecule has 0 fully saturated rings. The van der Waals surface area contributed by atoms with Gasteiger partial charge < -0.3 is 14.2 Å². The predicted molar refractivity (Wildman–Crippen MR) is 78.5 cm³/mol. The van der Waals surface area contributed by atoms with Crippen molar-refractivity contribution in [3.8, 4) is 18.1 Å². The third-order valence-corrected chi connectivity index (χ3v) is 3.13. The number of methoxy groups -OCH3 is 1. The SMILES string of the molecule is C#Cc1ccc(OC)c(NCCCSOCC(F)(F)F)c1. The van der Waals surface area contributed by atoms with Crippen molar-refractivity contribution in [2.45, 2.75) is 12.6 Å². The van der Waals surface area contributed by atoms with Gasteiger partial charge in [-0.2, -0.15) is 13.2 Å². The molecule has 0 heterocycles. The number of ether oxygens (including phenoxy) is 1. The van der Waals surface area contributed by atoms with Gasteiger partial charge in [-0.05, 0) is 36.7 Å². The normalized spacial score (nSPS) is 11.0. The number of hydrogen-bond acceptors (Lipinski definition) is 4. The molecule has 7 heteroatoms. The van der Waals surface area contributed by atoms with Crippen molar-refractivity contribution in [1.29, 1.82) is 0 Å². The molecule has 0 spiro atoms. The van der Waals surface area contributed by atoms with Crippen molar-refractivity contribution in [2.24, 2.45) is 0 Å². The number of alkyl halides is 3. The molecule has 21 heavy (non-hydrogen) atoms. The second-order valence-corrected chi connectivity index (χ2v) is 4.92. The highest BCUT2D eigenvalue weighted by Gasteiger charge is 2.27. The first-order valence-electron chi connectivity index (χ1n) is 6.16. The molecule has 0 unspecified atom stereocenters. The van der Waals surface area contributed by atoms with Gasteiger partial charge in [0.1, 0.15) is 5.75 Å². The number of hydrogen-bond donors (Lipinski definition) is 1. The van der Waals surface area contributed by atoms with E-state index in [0.29, 0.717) is 24.5 Å². The Morgan fingerprint density at radius 3 is 2.76 bits per heavy atom. The summed E-state index contributed by atoms with van der Waals surface area (Å²) in [7, 11) is 1.55. The molecule has 1 rings (SSSR count). The third-order valence-electron chi connectivity index (χ3n) is 2.39. The molecule has 0 saturated carbocycles. The Labute approximate surface area is 126 Å². The molecular weight excluding hydrogens is 303 g/mol. The minimum absolute atomic E-state index is 0.459. The van der Waals surface area contributed by atoms with Gasteiger partial charge in [-0.25, -0.2) is 0 Å². The number of anilines is 1. The summed E-state index contributed by atoms with van der Waals surface area (Å²) in [5, 5.41) is 3.13. The first-order valence-corrected chi connectivity index (χ1v) is 7.07. The molecule has 0 amide bonds. The van der Waals surface area contributed by atoms with Crippen molar-refractivity contribution in [2.75, 3.05) is 31.3 Å². The van der Waals surface area contributed by atoms with Crippen LogP contribution >= 0.6 is 12.0 Å². The van der Waals surface area contributed by atoms with Crippen LogP contribution in [0.1, 0.15) is 12.0 Å². The van der Waals surface area contributed by atoms with Crippen LogP contribution in [0.3, 0.4) is 0 Å². The van der Waals surface area contributed by atoms with Crippen molar-refractivity contribution in [3.05, 3.63) is 23.8 Å². The standard InChI is InChI=1S/C14H16F3NO2S/c1-3-11-5-6-13(19-2)12(9-11)18-7-4-8-21-20-10-14(15,16)17/h1,5-6,9,18H,4,7-8,10H2,2H3. The van der Waals surface area contributed by atoms with Gasteiger partial charge in [0.2, 0.25) is 0 Å². The topological polar surface area (TPSA) is 30.5 Å². The zero-order valence-electron chi connectivity index (χ0n) is 11.5. The van der Waals surface area contributed by atoms with Crippen molar-refractivity contribution >= 4 is 17.7 Å². The van der Waals surface area contributed by atoms with Gasteiger partial charge in [-0.1, -0.05) is 5.92 Å². The largest absolute Gasteiger partial charge is 0.495 e. The molecular formula is C14H16F3NO2S. The van der Waals surface area contributed by atoms with Gasteiger partial charge in [0.05, 0.1) is 12.8 Å². The third kappa shape index (κ3) is 7.16. The molecule has 1 aromatic rings. The minimum atomic E-state index is -4.28. The van der Waals surface area contributed by atoms with E-state index in [1.165, 1.54) is 0 Å². The first-order chi connectivity index (χ1) is 9.96. The monoisotopic (exact) mass is 319 g/mol. The van der Waals surface area contributed by atoms with Gasteiger partial charge in [-0.15, -0.1) is 6.42 Å². The average molecular weight is 319 g/mol. The fourth-order valence-electron chi connectivity index (χ4n) is 1.46. The van der Waals surface area contributed by atoms with Crippen molar-refractivity contribution < 1.29 is 22.1 Å². The molecule has 116 valence electrons. The number of rotatable bonds is 8. The van der Waals surface area contributed by atoms with Gasteiger partial charge in [0, 0.05) is 17.9 Å². The summed E-state index contributed by atoms with van der Waals surface area (Å²) < 4.78 is 45.1. The Bertz CT molecular complexity index is 486. The molecule has 0 aromatic heterocycles. The number of nitrogens with one attached hydrogen (secondary N) is 1. The Hall–Kier alpha value is -1.52. The van der Waals surface area contributed by atoms with Gasteiger partial charge in [0.25, 0.3) is 0 Å². The zero-order valence-corrected chi connectivity index (χ0v) is 12.3. The molecule has 1 aromatic carbocycles. The van der Waals surface area contributed by atoms with E-state index in [2.05, 4.69) is 15.4 Å². The van der Waals surface area contributed by atoms with Crippen LogP contribution < -0.4 is 10.1 Å². The van der Waals surface area contributed by atoms with E-state index in [0.717, 1.165) is 23.3 Å². The lowest BCUT2D eigenvalue weighted by Gasteiger charge is -2.11. The number of terminal acetylenes is 1. The van der Waals surface area contributed by atoms with Crippen molar-refractivity contribution in [3.63, 3.8) is 0 Å². The van der Waals surface area contributed by atoms with Crippen LogP contribution in [0.15, 0.2) is 18.2 Å². The maximum absolute atomic E-state index is 11.8. The lowest BCUT2D eigenvalue weighted by molar-refractivity contribution is -0.150. The smallest absolute Gasteiger partial charge is 0.413 e. The quantitative estimate of drug-likeness (QED) is 0.449. The number of benzene rings is 1. The average Bonchev–Trinajstić information content (AvgIpc) is 2.44. The van der Waals surface area contributed by atoms with E-state index in [-0.39, 0.29) is 0 Å². The highest BCUT2D eigenvalue weighted by Crippen LogP contribution is 2.25. The summed E-state index contributed by atoms with van der Waals surface area (Å²) in [5.41, 5.74) is 1.48. The summed E-state index contributed by atoms with van der Waals surface area (Å²) in [6.45, 7) is -0.657.